The van der Waals surface area contributed by atoms with Gasteiger partial charge in [0.2, 0.25) is 0 Å². The quantitative estimate of drug-likeness (QED) is 0.882. The van der Waals surface area contributed by atoms with E-state index in [1.807, 2.05) is 54.3 Å². The molecule has 3 heterocycles. The van der Waals surface area contributed by atoms with Crippen molar-refractivity contribution in [3.63, 3.8) is 0 Å². The molecule has 2 aromatic rings. The first-order valence-electron chi connectivity index (χ1n) is 10.0. The van der Waals surface area contributed by atoms with Crippen LogP contribution in [-0.4, -0.2) is 53.7 Å². The molecule has 0 aliphatic carbocycles. The average Bonchev–Trinajstić information content (AvgIpc) is 2.72. The second-order valence-corrected chi connectivity index (χ2v) is 7.88. The SMILES string of the molecule is CC1OC2(CCN(CCc3ccc(N)cn3)CC2)CN(c2ccccc2)C1=O. The number of carbonyl (C=O) groups excluding carboxylic acids is 1. The van der Waals surface area contributed by atoms with Gasteiger partial charge in [0.1, 0.15) is 6.10 Å². The Balaban J connectivity index is 1.37. The second kappa shape index (κ2) is 7.89. The fraction of sp³-hybridized carbons (Fsp3) is 0.455. The molecule has 0 bridgehead atoms. The minimum Gasteiger partial charge on any atom is -0.397 e. The van der Waals surface area contributed by atoms with Gasteiger partial charge in [0, 0.05) is 37.4 Å². The number of pyridine rings is 1. The lowest BCUT2D eigenvalue weighted by Crippen LogP contribution is -2.61. The van der Waals surface area contributed by atoms with Gasteiger partial charge in [0.05, 0.1) is 24.0 Å². The minimum atomic E-state index is -0.403. The van der Waals surface area contributed by atoms with E-state index in [-0.39, 0.29) is 11.5 Å². The molecule has 4 rings (SSSR count). The van der Waals surface area contributed by atoms with Gasteiger partial charge in [-0.05, 0) is 44.0 Å². The molecule has 0 radical (unpaired) electrons. The molecule has 2 fully saturated rings. The van der Waals surface area contributed by atoms with E-state index in [0.717, 1.165) is 50.3 Å². The molecule has 1 atom stereocenters. The molecule has 2 aliphatic heterocycles. The van der Waals surface area contributed by atoms with Gasteiger partial charge < -0.3 is 20.3 Å². The minimum absolute atomic E-state index is 0.0497. The van der Waals surface area contributed by atoms with E-state index < -0.39 is 6.10 Å². The molecule has 28 heavy (non-hydrogen) atoms. The molecule has 1 amide bonds. The van der Waals surface area contributed by atoms with Gasteiger partial charge in [-0.2, -0.15) is 0 Å². The van der Waals surface area contributed by atoms with Gasteiger partial charge in [0.15, 0.2) is 0 Å². The lowest BCUT2D eigenvalue weighted by molar-refractivity contribution is -0.161. The highest BCUT2D eigenvalue weighted by molar-refractivity contribution is 5.97. The Labute approximate surface area is 166 Å². The summed E-state index contributed by atoms with van der Waals surface area (Å²) in [4.78, 5) is 21.4. The molecule has 6 nitrogen and oxygen atoms in total. The van der Waals surface area contributed by atoms with Crippen molar-refractivity contribution >= 4 is 17.3 Å². The first-order valence-corrected chi connectivity index (χ1v) is 10.0. The molecule has 2 aliphatic rings. The normalized spacial score (nSPS) is 22.5. The predicted octanol–water partition coefficient (Wildman–Crippen LogP) is 2.49. The third-order valence-electron chi connectivity index (χ3n) is 5.85. The Kier molecular flexibility index (Phi) is 5.33. The first kappa shape index (κ1) is 18.9. The Hall–Kier alpha value is -2.44. The summed E-state index contributed by atoms with van der Waals surface area (Å²) >= 11 is 0. The lowest BCUT2D eigenvalue weighted by atomic mass is 9.88. The molecule has 1 unspecified atom stereocenters. The highest BCUT2D eigenvalue weighted by Gasteiger charge is 2.45. The third kappa shape index (κ3) is 4.03. The highest BCUT2D eigenvalue weighted by atomic mass is 16.5. The number of hydrogen-bond donors (Lipinski definition) is 1. The van der Waals surface area contributed by atoms with Gasteiger partial charge in [0.25, 0.3) is 5.91 Å². The second-order valence-electron chi connectivity index (χ2n) is 7.88. The summed E-state index contributed by atoms with van der Waals surface area (Å²) in [6.45, 7) is 5.42. The fourth-order valence-corrected chi connectivity index (χ4v) is 4.19. The maximum absolute atomic E-state index is 12.7. The summed E-state index contributed by atoms with van der Waals surface area (Å²) in [6.07, 6.45) is 4.10. The van der Waals surface area contributed by atoms with Crippen LogP contribution in [0.25, 0.3) is 0 Å². The van der Waals surface area contributed by atoms with Crippen molar-refractivity contribution in [3.8, 4) is 0 Å². The van der Waals surface area contributed by atoms with Gasteiger partial charge >= 0.3 is 0 Å². The number of aromatic nitrogens is 1. The summed E-state index contributed by atoms with van der Waals surface area (Å²) in [6, 6.07) is 13.8. The van der Waals surface area contributed by atoms with E-state index in [1.165, 1.54) is 0 Å². The van der Waals surface area contributed by atoms with Crippen molar-refractivity contribution < 1.29 is 9.53 Å². The van der Waals surface area contributed by atoms with Crippen LogP contribution >= 0.6 is 0 Å². The number of ether oxygens (including phenoxy) is 1. The number of hydrogen-bond acceptors (Lipinski definition) is 5. The number of piperidine rings is 1. The van der Waals surface area contributed by atoms with Crippen molar-refractivity contribution in [3.05, 3.63) is 54.4 Å². The molecule has 6 heteroatoms. The average molecular weight is 380 g/mol. The number of benzene rings is 1. The van der Waals surface area contributed by atoms with Crippen LogP contribution in [0.5, 0.6) is 0 Å². The number of rotatable bonds is 4. The molecular formula is C22H28N4O2. The van der Waals surface area contributed by atoms with Crippen LogP contribution < -0.4 is 10.6 Å². The van der Waals surface area contributed by atoms with E-state index in [2.05, 4.69) is 9.88 Å². The van der Waals surface area contributed by atoms with Crippen LogP contribution in [0.2, 0.25) is 0 Å². The number of para-hydroxylation sites is 1. The number of nitrogens with two attached hydrogens (primary N) is 1. The monoisotopic (exact) mass is 380 g/mol. The topological polar surface area (TPSA) is 71.7 Å². The molecule has 1 aromatic carbocycles. The van der Waals surface area contributed by atoms with E-state index >= 15 is 0 Å². The van der Waals surface area contributed by atoms with Gasteiger partial charge in [-0.1, -0.05) is 18.2 Å². The maximum atomic E-state index is 12.7. The van der Waals surface area contributed by atoms with Crippen LogP contribution in [0.1, 0.15) is 25.5 Å². The van der Waals surface area contributed by atoms with E-state index in [0.29, 0.717) is 12.2 Å². The van der Waals surface area contributed by atoms with Crippen LogP contribution in [-0.2, 0) is 16.0 Å². The standard InChI is InChI=1S/C22H28N4O2/c1-17-21(27)26(20-5-3-2-4-6-20)16-22(28-17)10-13-25(14-11-22)12-9-19-8-7-18(23)15-24-19/h2-8,15,17H,9-14,16,23H2,1H3. The van der Waals surface area contributed by atoms with Gasteiger partial charge in [-0.15, -0.1) is 0 Å². The number of anilines is 2. The van der Waals surface area contributed by atoms with Crippen molar-refractivity contribution in [1.82, 2.24) is 9.88 Å². The highest BCUT2D eigenvalue weighted by Crippen LogP contribution is 2.35. The van der Waals surface area contributed by atoms with Crippen LogP contribution in [0.15, 0.2) is 48.7 Å². The number of nitrogen functional groups attached to an aromatic ring is 1. The van der Waals surface area contributed by atoms with Gasteiger partial charge in [-0.3, -0.25) is 9.78 Å². The van der Waals surface area contributed by atoms with Crippen molar-refractivity contribution in [2.24, 2.45) is 0 Å². The number of carbonyl (C=O) groups is 1. The van der Waals surface area contributed by atoms with Crippen LogP contribution in [0.3, 0.4) is 0 Å². The number of morpholine rings is 1. The Morgan fingerprint density at radius 2 is 1.93 bits per heavy atom. The van der Waals surface area contributed by atoms with Crippen molar-refractivity contribution in [2.75, 3.05) is 36.8 Å². The molecule has 2 saturated heterocycles. The molecule has 2 N–H and O–H groups in total. The Morgan fingerprint density at radius 3 is 2.61 bits per heavy atom. The summed E-state index contributed by atoms with van der Waals surface area (Å²) < 4.78 is 6.26. The van der Waals surface area contributed by atoms with Crippen LogP contribution in [0.4, 0.5) is 11.4 Å². The Morgan fingerprint density at radius 1 is 1.18 bits per heavy atom. The molecule has 148 valence electrons. The zero-order chi connectivity index (χ0) is 19.6. The van der Waals surface area contributed by atoms with Gasteiger partial charge in [-0.25, -0.2) is 0 Å². The van der Waals surface area contributed by atoms with E-state index in [9.17, 15) is 4.79 Å². The molecular weight excluding hydrogens is 352 g/mol. The summed E-state index contributed by atoms with van der Waals surface area (Å²) in [5, 5.41) is 0. The number of nitrogens with zero attached hydrogens (tertiary/aromatic N) is 3. The largest absolute Gasteiger partial charge is 0.397 e. The zero-order valence-corrected chi connectivity index (χ0v) is 16.4. The fourth-order valence-electron chi connectivity index (χ4n) is 4.19. The molecule has 1 aromatic heterocycles. The molecule has 1 spiro atoms. The smallest absolute Gasteiger partial charge is 0.255 e. The van der Waals surface area contributed by atoms with Crippen molar-refractivity contribution in [2.45, 2.75) is 37.9 Å². The van der Waals surface area contributed by atoms with E-state index in [4.69, 9.17) is 10.5 Å². The summed E-state index contributed by atoms with van der Waals surface area (Å²) in [7, 11) is 0. The maximum Gasteiger partial charge on any atom is 0.255 e. The van der Waals surface area contributed by atoms with Crippen LogP contribution in [0, 0.1) is 0 Å². The Bertz CT molecular complexity index is 801. The third-order valence-corrected chi connectivity index (χ3v) is 5.85. The zero-order valence-electron chi connectivity index (χ0n) is 16.4. The summed E-state index contributed by atoms with van der Waals surface area (Å²) in [5.41, 5.74) is 8.18. The number of likely N-dealkylation sites (tertiary alicyclic amines) is 1. The lowest BCUT2D eigenvalue weighted by Gasteiger charge is -2.49. The summed E-state index contributed by atoms with van der Waals surface area (Å²) in [5.74, 6) is 0.0497. The number of amides is 1. The first-order chi connectivity index (χ1) is 13.5. The van der Waals surface area contributed by atoms with E-state index in [1.54, 1.807) is 6.20 Å². The predicted molar refractivity (Wildman–Crippen MR) is 110 cm³/mol. The molecule has 0 saturated carbocycles. The van der Waals surface area contributed by atoms with Crippen molar-refractivity contribution in [1.29, 1.82) is 0 Å².